The molecule has 1 aliphatic rings. The van der Waals surface area contributed by atoms with Gasteiger partial charge in [-0.2, -0.15) is 0 Å². The Labute approximate surface area is 142 Å². The number of ether oxygens (including phenoxy) is 2. The number of phenolic OH excluding ortho intramolecular Hbond substituents is 1. The van der Waals surface area contributed by atoms with E-state index in [0.29, 0.717) is 39.5 Å². The summed E-state index contributed by atoms with van der Waals surface area (Å²) < 4.78 is 10.7. The molecule has 0 spiro atoms. The molecule has 0 atom stereocenters. The Bertz CT molecular complexity index is 984. The molecule has 1 amide bonds. The molecule has 0 aliphatic carbocycles. The van der Waals surface area contributed by atoms with E-state index in [1.807, 2.05) is 0 Å². The lowest BCUT2D eigenvalue weighted by molar-refractivity contribution is -0.112. The summed E-state index contributed by atoms with van der Waals surface area (Å²) in [5.74, 6) is 0.882. The van der Waals surface area contributed by atoms with Gasteiger partial charge in [0.15, 0.2) is 11.5 Å². The highest BCUT2D eigenvalue weighted by Crippen LogP contribution is 2.35. The number of aromatic nitrogens is 3. The van der Waals surface area contributed by atoms with Gasteiger partial charge < -0.3 is 19.9 Å². The first-order valence-corrected chi connectivity index (χ1v) is 7.48. The van der Waals surface area contributed by atoms with E-state index in [2.05, 4.69) is 22.1 Å². The average Bonchev–Trinajstić information content (AvgIpc) is 3.19. The summed E-state index contributed by atoms with van der Waals surface area (Å²) in [6.07, 6.45) is 0. The molecule has 1 aromatic heterocycles. The van der Waals surface area contributed by atoms with Gasteiger partial charge in [0, 0.05) is 23.4 Å². The first-order valence-electron chi connectivity index (χ1n) is 7.48. The first kappa shape index (κ1) is 15.0. The fraction of sp³-hybridized carbons (Fsp3) is 0.118. The maximum atomic E-state index is 11.8. The van der Waals surface area contributed by atoms with Gasteiger partial charge in [0.25, 0.3) is 5.91 Å². The quantitative estimate of drug-likeness (QED) is 0.562. The SMILES string of the molecule is C=C(C)C(=O)Nc1ccc(O)c(-n2nc3cc4c(cc3n2)OCO4)c1. The van der Waals surface area contributed by atoms with Crippen LogP contribution in [0.25, 0.3) is 16.7 Å². The Balaban J connectivity index is 1.75. The zero-order chi connectivity index (χ0) is 17.6. The molecule has 0 fully saturated rings. The summed E-state index contributed by atoms with van der Waals surface area (Å²) in [5, 5.41) is 21.5. The highest BCUT2D eigenvalue weighted by molar-refractivity contribution is 6.03. The van der Waals surface area contributed by atoms with Crippen molar-refractivity contribution in [2.75, 3.05) is 12.1 Å². The van der Waals surface area contributed by atoms with Gasteiger partial charge in [-0.05, 0) is 25.1 Å². The molecule has 2 heterocycles. The van der Waals surface area contributed by atoms with Crippen molar-refractivity contribution in [3.63, 3.8) is 0 Å². The molecular weight excluding hydrogens is 324 g/mol. The summed E-state index contributed by atoms with van der Waals surface area (Å²) in [7, 11) is 0. The van der Waals surface area contributed by atoms with Crippen LogP contribution in [0.1, 0.15) is 6.92 Å². The van der Waals surface area contributed by atoms with Crippen molar-refractivity contribution >= 4 is 22.6 Å². The maximum absolute atomic E-state index is 11.8. The lowest BCUT2D eigenvalue weighted by atomic mass is 10.2. The number of nitrogens with one attached hydrogen (secondary N) is 1. The van der Waals surface area contributed by atoms with Crippen LogP contribution in [0, 0.1) is 0 Å². The molecule has 3 aromatic rings. The van der Waals surface area contributed by atoms with Crippen molar-refractivity contribution in [1.29, 1.82) is 0 Å². The molecular formula is C17H14N4O4. The molecule has 2 aromatic carbocycles. The van der Waals surface area contributed by atoms with E-state index >= 15 is 0 Å². The Morgan fingerprint density at radius 1 is 1.20 bits per heavy atom. The van der Waals surface area contributed by atoms with Crippen LogP contribution in [0.15, 0.2) is 42.5 Å². The third-order valence-corrected chi connectivity index (χ3v) is 3.71. The summed E-state index contributed by atoms with van der Waals surface area (Å²) in [5.41, 5.74) is 2.40. The Hall–Kier alpha value is -3.55. The van der Waals surface area contributed by atoms with Crippen LogP contribution in [-0.2, 0) is 4.79 Å². The van der Waals surface area contributed by atoms with Crippen LogP contribution in [-0.4, -0.2) is 32.8 Å². The normalized spacial score (nSPS) is 12.4. The van der Waals surface area contributed by atoms with E-state index in [-0.39, 0.29) is 18.4 Å². The molecule has 4 rings (SSSR count). The number of anilines is 1. The predicted molar refractivity (Wildman–Crippen MR) is 90.1 cm³/mol. The fourth-order valence-electron chi connectivity index (χ4n) is 2.41. The number of carbonyl (C=O) groups is 1. The maximum Gasteiger partial charge on any atom is 0.250 e. The highest BCUT2D eigenvalue weighted by atomic mass is 16.7. The van der Waals surface area contributed by atoms with E-state index in [4.69, 9.17) is 9.47 Å². The summed E-state index contributed by atoms with van der Waals surface area (Å²) >= 11 is 0. The molecule has 0 radical (unpaired) electrons. The number of fused-ring (bicyclic) bond motifs is 2. The number of hydrogen-bond donors (Lipinski definition) is 2. The number of amides is 1. The summed E-state index contributed by atoms with van der Waals surface area (Å²) in [4.78, 5) is 13.1. The van der Waals surface area contributed by atoms with Crippen molar-refractivity contribution < 1.29 is 19.4 Å². The van der Waals surface area contributed by atoms with Crippen molar-refractivity contribution in [3.05, 3.63) is 42.5 Å². The molecule has 8 heteroatoms. The number of rotatable bonds is 3. The molecule has 8 nitrogen and oxygen atoms in total. The second kappa shape index (κ2) is 5.52. The van der Waals surface area contributed by atoms with Gasteiger partial charge in [0.05, 0.1) is 0 Å². The Morgan fingerprint density at radius 3 is 2.44 bits per heavy atom. The van der Waals surface area contributed by atoms with Gasteiger partial charge in [-0.1, -0.05) is 6.58 Å². The van der Waals surface area contributed by atoms with Crippen LogP contribution in [0.2, 0.25) is 0 Å². The smallest absolute Gasteiger partial charge is 0.250 e. The third kappa shape index (κ3) is 2.63. The highest BCUT2D eigenvalue weighted by Gasteiger charge is 2.18. The first-order chi connectivity index (χ1) is 12.0. The zero-order valence-corrected chi connectivity index (χ0v) is 13.3. The van der Waals surface area contributed by atoms with E-state index in [1.54, 1.807) is 31.2 Å². The second-order valence-corrected chi connectivity index (χ2v) is 5.62. The minimum absolute atomic E-state index is 0.0197. The van der Waals surface area contributed by atoms with Gasteiger partial charge in [-0.15, -0.1) is 15.0 Å². The Morgan fingerprint density at radius 2 is 1.84 bits per heavy atom. The van der Waals surface area contributed by atoms with Gasteiger partial charge in [0.1, 0.15) is 22.5 Å². The van der Waals surface area contributed by atoms with Crippen molar-refractivity contribution in [2.45, 2.75) is 6.92 Å². The predicted octanol–water partition coefficient (Wildman–Crippen LogP) is 2.37. The number of aromatic hydroxyl groups is 1. The molecule has 0 unspecified atom stereocenters. The van der Waals surface area contributed by atoms with Crippen LogP contribution in [0.4, 0.5) is 5.69 Å². The molecule has 0 saturated carbocycles. The van der Waals surface area contributed by atoms with E-state index < -0.39 is 0 Å². The van der Waals surface area contributed by atoms with Gasteiger partial charge in [-0.3, -0.25) is 4.79 Å². The molecule has 0 saturated heterocycles. The number of nitrogens with zero attached hydrogens (tertiary/aromatic N) is 3. The lowest BCUT2D eigenvalue weighted by Crippen LogP contribution is -2.12. The van der Waals surface area contributed by atoms with E-state index in [1.165, 1.54) is 10.9 Å². The standard InChI is InChI=1S/C17H14N4O4/c1-9(2)17(23)18-10-3-4-14(22)13(5-10)21-19-11-6-15-16(25-8-24-15)7-12(11)20-21/h3-7,22H,1,8H2,2H3,(H,18,23). The topological polar surface area (TPSA) is 98.5 Å². The van der Waals surface area contributed by atoms with Gasteiger partial charge >= 0.3 is 0 Å². The third-order valence-electron chi connectivity index (χ3n) is 3.71. The number of phenols is 1. The van der Waals surface area contributed by atoms with Crippen molar-refractivity contribution in [3.8, 4) is 22.9 Å². The summed E-state index contributed by atoms with van der Waals surface area (Å²) in [6, 6.07) is 8.08. The van der Waals surface area contributed by atoms with Crippen LogP contribution in [0.3, 0.4) is 0 Å². The van der Waals surface area contributed by atoms with E-state index in [0.717, 1.165) is 0 Å². The number of hydrogen-bond acceptors (Lipinski definition) is 6. The molecule has 0 bridgehead atoms. The molecule has 2 N–H and O–H groups in total. The number of benzene rings is 2. The monoisotopic (exact) mass is 338 g/mol. The molecule has 25 heavy (non-hydrogen) atoms. The zero-order valence-electron chi connectivity index (χ0n) is 13.3. The van der Waals surface area contributed by atoms with Gasteiger partial charge in [0.2, 0.25) is 6.79 Å². The van der Waals surface area contributed by atoms with Crippen LogP contribution in [0.5, 0.6) is 17.2 Å². The minimum Gasteiger partial charge on any atom is -0.506 e. The lowest BCUT2D eigenvalue weighted by Gasteiger charge is -2.08. The van der Waals surface area contributed by atoms with Crippen LogP contribution < -0.4 is 14.8 Å². The largest absolute Gasteiger partial charge is 0.506 e. The van der Waals surface area contributed by atoms with Crippen LogP contribution >= 0.6 is 0 Å². The summed E-state index contributed by atoms with van der Waals surface area (Å²) in [6.45, 7) is 5.38. The van der Waals surface area contributed by atoms with Crippen molar-refractivity contribution in [1.82, 2.24) is 15.0 Å². The van der Waals surface area contributed by atoms with Crippen molar-refractivity contribution in [2.24, 2.45) is 0 Å². The minimum atomic E-state index is -0.305. The fourth-order valence-corrected chi connectivity index (χ4v) is 2.41. The van der Waals surface area contributed by atoms with Gasteiger partial charge in [-0.25, -0.2) is 0 Å². The number of carbonyl (C=O) groups excluding carboxylic acids is 1. The Kier molecular flexibility index (Phi) is 3.31. The molecule has 126 valence electrons. The van der Waals surface area contributed by atoms with E-state index in [9.17, 15) is 9.90 Å². The average molecular weight is 338 g/mol. The second-order valence-electron chi connectivity index (χ2n) is 5.62. The molecule has 1 aliphatic heterocycles.